The van der Waals surface area contributed by atoms with Gasteiger partial charge in [0.15, 0.2) is 0 Å². The van der Waals surface area contributed by atoms with Crippen LogP contribution >= 0.6 is 11.3 Å². The van der Waals surface area contributed by atoms with Gasteiger partial charge in [-0.2, -0.15) is 0 Å². The number of nitrogens with one attached hydrogen (secondary N) is 2. The molecular formula is C26H31N3O4S. The van der Waals surface area contributed by atoms with Crippen molar-refractivity contribution in [3.05, 3.63) is 76.1 Å². The van der Waals surface area contributed by atoms with E-state index in [9.17, 15) is 9.59 Å². The van der Waals surface area contributed by atoms with E-state index in [0.29, 0.717) is 36.8 Å². The van der Waals surface area contributed by atoms with Gasteiger partial charge in [-0.1, -0.05) is 30.3 Å². The first-order chi connectivity index (χ1) is 16.6. The highest BCUT2D eigenvalue weighted by Crippen LogP contribution is 2.38. The molecule has 4 rings (SSSR count). The number of furan rings is 1. The molecule has 2 heterocycles. The summed E-state index contributed by atoms with van der Waals surface area (Å²) in [6, 6.07) is 13.8. The van der Waals surface area contributed by atoms with E-state index in [2.05, 4.69) is 10.6 Å². The van der Waals surface area contributed by atoms with Gasteiger partial charge in [-0.3, -0.25) is 14.5 Å². The Bertz CT molecular complexity index is 1080. The summed E-state index contributed by atoms with van der Waals surface area (Å²) < 4.78 is 10.6. The first kappa shape index (κ1) is 24.2. The number of carbonyl (C=O) groups is 2. The Kier molecular flexibility index (Phi) is 8.51. The average molecular weight is 482 g/mol. The molecule has 2 amide bonds. The molecule has 0 spiro atoms. The molecule has 180 valence electrons. The van der Waals surface area contributed by atoms with E-state index in [1.807, 2.05) is 47.4 Å². The summed E-state index contributed by atoms with van der Waals surface area (Å²) in [5.41, 5.74) is 2.81. The average Bonchev–Trinajstić information content (AvgIpc) is 3.47. The molecule has 2 aromatic heterocycles. The molecule has 1 aliphatic rings. The number of carbonyl (C=O) groups excluding carboxylic acids is 2. The van der Waals surface area contributed by atoms with E-state index in [-0.39, 0.29) is 18.4 Å². The lowest BCUT2D eigenvalue weighted by molar-refractivity contribution is -0.117. The van der Waals surface area contributed by atoms with Crippen molar-refractivity contribution in [3.63, 3.8) is 0 Å². The van der Waals surface area contributed by atoms with Crippen LogP contribution in [0.15, 0.2) is 53.1 Å². The molecule has 0 saturated carbocycles. The minimum absolute atomic E-state index is 0.146. The second-order valence-corrected chi connectivity index (χ2v) is 9.53. The number of aryl methyl sites for hydroxylation is 1. The fourth-order valence-electron chi connectivity index (χ4n) is 4.25. The molecule has 1 aliphatic carbocycles. The Balaban J connectivity index is 1.49. The lowest BCUT2D eigenvalue weighted by atomic mass is 9.95. The first-order valence-electron chi connectivity index (χ1n) is 11.6. The highest BCUT2D eigenvalue weighted by atomic mass is 32.1. The maximum absolute atomic E-state index is 13.2. The number of ether oxygens (including phenoxy) is 1. The van der Waals surface area contributed by atoms with Gasteiger partial charge < -0.3 is 19.8 Å². The van der Waals surface area contributed by atoms with Crippen LogP contribution in [0.2, 0.25) is 0 Å². The zero-order valence-electron chi connectivity index (χ0n) is 19.5. The number of methoxy groups -OCH3 is 1. The molecule has 0 radical (unpaired) electrons. The Morgan fingerprint density at radius 2 is 1.91 bits per heavy atom. The molecular weight excluding hydrogens is 450 g/mol. The van der Waals surface area contributed by atoms with Gasteiger partial charge in [0.2, 0.25) is 5.91 Å². The standard InChI is InChI=1S/C26H31N3O4S/c1-32-15-13-27-25(31)24-21-11-5-6-12-22(21)34-26(24)28-23(30)18-29(17-20-10-7-14-33-20)16-19-8-3-2-4-9-19/h2-4,7-10,14H,5-6,11-13,15-18H2,1H3,(H,27,31)(H,28,30). The summed E-state index contributed by atoms with van der Waals surface area (Å²) in [5, 5.41) is 6.61. The zero-order chi connectivity index (χ0) is 23.8. The van der Waals surface area contributed by atoms with Crippen LogP contribution in [0.3, 0.4) is 0 Å². The van der Waals surface area contributed by atoms with E-state index in [0.717, 1.165) is 42.6 Å². The number of thiophene rings is 1. The molecule has 0 bridgehead atoms. The third-order valence-electron chi connectivity index (χ3n) is 5.82. The molecule has 0 unspecified atom stereocenters. The number of hydrogen-bond acceptors (Lipinski definition) is 6. The zero-order valence-corrected chi connectivity index (χ0v) is 20.3. The van der Waals surface area contributed by atoms with Crippen molar-refractivity contribution < 1.29 is 18.7 Å². The summed E-state index contributed by atoms with van der Waals surface area (Å²) in [4.78, 5) is 29.4. The van der Waals surface area contributed by atoms with Gasteiger partial charge in [0.1, 0.15) is 10.8 Å². The van der Waals surface area contributed by atoms with Gasteiger partial charge in [-0.15, -0.1) is 11.3 Å². The van der Waals surface area contributed by atoms with Gasteiger partial charge in [0.25, 0.3) is 5.91 Å². The lowest BCUT2D eigenvalue weighted by Gasteiger charge is -2.21. The van der Waals surface area contributed by atoms with Crippen molar-refractivity contribution in [1.29, 1.82) is 0 Å². The number of anilines is 1. The molecule has 7 nitrogen and oxygen atoms in total. The van der Waals surface area contributed by atoms with Gasteiger partial charge >= 0.3 is 0 Å². The maximum atomic E-state index is 13.2. The molecule has 1 aromatic carbocycles. The number of hydrogen-bond donors (Lipinski definition) is 2. The van der Waals surface area contributed by atoms with Crippen molar-refractivity contribution in [1.82, 2.24) is 10.2 Å². The molecule has 0 fully saturated rings. The second-order valence-electron chi connectivity index (χ2n) is 8.42. The van der Waals surface area contributed by atoms with Crippen molar-refractivity contribution in [2.45, 2.75) is 38.8 Å². The molecule has 0 aliphatic heterocycles. The molecule has 0 atom stereocenters. The summed E-state index contributed by atoms with van der Waals surface area (Å²) in [7, 11) is 1.61. The van der Waals surface area contributed by atoms with E-state index in [1.54, 1.807) is 13.4 Å². The highest BCUT2D eigenvalue weighted by Gasteiger charge is 2.26. The highest BCUT2D eigenvalue weighted by molar-refractivity contribution is 7.17. The third kappa shape index (κ3) is 6.34. The topological polar surface area (TPSA) is 83.8 Å². The lowest BCUT2D eigenvalue weighted by Crippen LogP contribution is -2.33. The summed E-state index contributed by atoms with van der Waals surface area (Å²) in [5.74, 6) is 0.504. The Morgan fingerprint density at radius 3 is 2.68 bits per heavy atom. The number of nitrogens with zero attached hydrogens (tertiary/aromatic N) is 1. The van der Waals surface area contributed by atoms with Crippen molar-refractivity contribution >= 4 is 28.2 Å². The monoisotopic (exact) mass is 481 g/mol. The van der Waals surface area contributed by atoms with Crippen molar-refractivity contribution in [3.8, 4) is 0 Å². The predicted molar refractivity (Wildman–Crippen MR) is 133 cm³/mol. The van der Waals surface area contributed by atoms with Crippen LogP contribution in [0.5, 0.6) is 0 Å². The number of benzene rings is 1. The number of amides is 2. The van der Waals surface area contributed by atoms with E-state index >= 15 is 0 Å². The van der Waals surface area contributed by atoms with Gasteiger partial charge in [0, 0.05) is 25.1 Å². The molecule has 34 heavy (non-hydrogen) atoms. The normalized spacial score (nSPS) is 13.0. The Morgan fingerprint density at radius 1 is 1.09 bits per heavy atom. The van der Waals surface area contributed by atoms with Crippen LogP contribution in [0.25, 0.3) is 0 Å². The predicted octanol–water partition coefficient (Wildman–Crippen LogP) is 4.24. The quantitative estimate of drug-likeness (QED) is 0.400. The molecule has 3 aromatic rings. The van der Waals surface area contributed by atoms with Crippen molar-refractivity contribution in [2.75, 3.05) is 32.1 Å². The smallest absolute Gasteiger partial charge is 0.254 e. The largest absolute Gasteiger partial charge is 0.468 e. The second kappa shape index (κ2) is 12.0. The summed E-state index contributed by atoms with van der Waals surface area (Å²) in [6.45, 7) is 2.19. The molecule has 0 saturated heterocycles. The van der Waals surface area contributed by atoms with Crippen LogP contribution in [0.1, 0.15) is 45.0 Å². The number of fused-ring (bicyclic) bond motifs is 1. The minimum Gasteiger partial charge on any atom is -0.468 e. The van der Waals surface area contributed by atoms with Gasteiger partial charge in [0.05, 0.1) is 31.5 Å². The first-order valence-corrected chi connectivity index (χ1v) is 12.5. The molecule has 2 N–H and O–H groups in total. The fraction of sp³-hybridized carbons (Fsp3) is 0.385. The Labute approximate surface area is 204 Å². The minimum atomic E-state index is -0.150. The summed E-state index contributed by atoms with van der Waals surface area (Å²) >= 11 is 1.53. The van der Waals surface area contributed by atoms with Crippen LogP contribution in [0, 0.1) is 0 Å². The van der Waals surface area contributed by atoms with Gasteiger partial charge in [-0.05, 0) is 48.9 Å². The van der Waals surface area contributed by atoms with Gasteiger partial charge in [-0.25, -0.2) is 0 Å². The fourth-order valence-corrected chi connectivity index (χ4v) is 5.55. The van der Waals surface area contributed by atoms with Crippen LogP contribution in [-0.2, 0) is 35.5 Å². The maximum Gasteiger partial charge on any atom is 0.254 e. The Hall–Kier alpha value is -2.94. The van der Waals surface area contributed by atoms with Crippen LogP contribution in [0.4, 0.5) is 5.00 Å². The van der Waals surface area contributed by atoms with E-state index in [4.69, 9.17) is 9.15 Å². The van der Waals surface area contributed by atoms with Crippen LogP contribution < -0.4 is 10.6 Å². The summed E-state index contributed by atoms with van der Waals surface area (Å²) in [6.07, 6.45) is 5.63. The van der Waals surface area contributed by atoms with E-state index < -0.39 is 0 Å². The van der Waals surface area contributed by atoms with E-state index in [1.165, 1.54) is 16.2 Å². The van der Waals surface area contributed by atoms with Crippen molar-refractivity contribution in [2.24, 2.45) is 0 Å². The SMILES string of the molecule is COCCNC(=O)c1c(NC(=O)CN(Cc2ccccc2)Cc2ccco2)sc2c1CCCC2. The number of rotatable bonds is 11. The van der Waals surface area contributed by atoms with Crippen LogP contribution in [-0.4, -0.2) is 43.5 Å². The third-order valence-corrected chi connectivity index (χ3v) is 7.03. The molecule has 8 heteroatoms.